The van der Waals surface area contributed by atoms with E-state index in [-0.39, 0.29) is 11.3 Å². The third-order valence-corrected chi connectivity index (χ3v) is 7.85. The fraction of sp³-hybridized carbons (Fsp3) is 0.548. The van der Waals surface area contributed by atoms with Gasteiger partial charge in [0.15, 0.2) is 0 Å². The molecule has 0 radical (unpaired) electrons. The van der Waals surface area contributed by atoms with E-state index in [9.17, 15) is 4.79 Å². The third-order valence-electron chi connectivity index (χ3n) is 7.85. The average molecular weight is 503 g/mol. The van der Waals surface area contributed by atoms with Crippen LogP contribution in [-0.4, -0.2) is 35.3 Å². The van der Waals surface area contributed by atoms with Crippen LogP contribution in [0, 0.1) is 12.8 Å². The minimum Gasteiger partial charge on any atom is -0.385 e. The van der Waals surface area contributed by atoms with Gasteiger partial charge >= 0.3 is 0 Å². The molecule has 2 aromatic rings. The van der Waals surface area contributed by atoms with Crippen molar-refractivity contribution >= 4 is 23.1 Å². The molecule has 0 unspecified atom stereocenters. The van der Waals surface area contributed by atoms with E-state index in [1.165, 1.54) is 16.8 Å². The van der Waals surface area contributed by atoms with Gasteiger partial charge < -0.3 is 10.1 Å². The number of carbonyl (C=O) groups excluding carboxylic acids is 1. The van der Waals surface area contributed by atoms with Crippen molar-refractivity contribution in [1.82, 2.24) is 9.97 Å². The van der Waals surface area contributed by atoms with Crippen molar-refractivity contribution < 1.29 is 9.53 Å². The molecule has 37 heavy (non-hydrogen) atoms. The zero-order valence-electron chi connectivity index (χ0n) is 23.2. The summed E-state index contributed by atoms with van der Waals surface area (Å²) in [6.45, 7) is 14.1. The first-order chi connectivity index (χ1) is 17.7. The van der Waals surface area contributed by atoms with Crippen molar-refractivity contribution in [1.29, 1.82) is 0 Å². The zero-order chi connectivity index (χ0) is 26.6. The number of hydrogen-bond acceptors (Lipinski definition) is 5. The molecule has 1 amide bonds. The van der Waals surface area contributed by atoms with E-state index in [2.05, 4.69) is 67.8 Å². The van der Waals surface area contributed by atoms with Gasteiger partial charge in [-0.2, -0.15) is 0 Å². The van der Waals surface area contributed by atoms with E-state index in [4.69, 9.17) is 9.73 Å². The minimum absolute atomic E-state index is 0.0140. The van der Waals surface area contributed by atoms with Crippen LogP contribution in [0.5, 0.6) is 0 Å². The number of carbonyl (C=O) groups is 1. The molecule has 1 aliphatic heterocycles. The van der Waals surface area contributed by atoms with E-state index in [1.54, 1.807) is 13.4 Å². The molecular weight excluding hydrogens is 460 g/mol. The number of rotatable bonds is 9. The highest BCUT2D eigenvalue weighted by Gasteiger charge is 2.31. The average Bonchev–Trinajstić information content (AvgIpc) is 3.25. The van der Waals surface area contributed by atoms with E-state index in [0.717, 1.165) is 74.1 Å². The maximum absolute atomic E-state index is 11.9. The van der Waals surface area contributed by atoms with Crippen LogP contribution in [0.2, 0.25) is 0 Å². The number of unbranched alkanes of at least 4 members (excludes halogenated alkanes) is 1. The molecule has 1 fully saturated rings. The Morgan fingerprint density at radius 3 is 2.62 bits per heavy atom. The van der Waals surface area contributed by atoms with E-state index in [1.807, 2.05) is 0 Å². The number of aromatic nitrogens is 2. The maximum atomic E-state index is 11.9. The first-order valence-corrected chi connectivity index (χ1v) is 13.7. The fourth-order valence-electron chi connectivity index (χ4n) is 5.85. The van der Waals surface area contributed by atoms with Gasteiger partial charge in [-0.05, 0) is 86.0 Å². The lowest BCUT2D eigenvalue weighted by atomic mass is 9.76. The number of benzene rings is 1. The van der Waals surface area contributed by atoms with Crippen molar-refractivity contribution in [3.63, 3.8) is 0 Å². The first kappa shape index (κ1) is 27.2. The largest absolute Gasteiger partial charge is 0.385 e. The van der Waals surface area contributed by atoms with Crippen LogP contribution >= 0.6 is 0 Å². The van der Waals surface area contributed by atoms with Crippen LogP contribution in [-0.2, 0) is 21.4 Å². The number of anilines is 1. The molecule has 0 bridgehead atoms. The second kappa shape index (κ2) is 11.7. The van der Waals surface area contributed by atoms with Gasteiger partial charge in [-0.25, -0.2) is 9.97 Å². The Morgan fingerprint density at radius 1 is 1.16 bits per heavy atom. The normalized spacial score (nSPS) is 20.0. The molecular formula is C31H42N4O2. The number of nitrogens with one attached hydrogen (secondary N) is 1. The Labute approximate surface area is 222 Å². The molecule has 4 rings (SSSR count). The van der Waals surface area contributed by atoms with Gasteiger partial charge in [-0.3, -0.25) is 9.79 Å². The van der Waals surface area contributed by atoms with Crippen LogP contribution in [0.15, 0.2) is 36.1 Å². The molecule has 1 aliphatic carbocycles. The summed E-state index contributed by atoms with van der Waals surface area (Å²) in [6.07, 6.45) is 9.28. The number of amides is 1. The standard InChI is InChI=1S/C31H42N4O2/c1-20-10-11-24(17-26(20)31(3,4)5)21(2)34-27(9-7-8-16-37-6)22-12-14-23(15-13-22)29-25-18-28(36)35-30(25)33-19-32-29/h10-11,17,19,22-23H,2,7-9,12-16,18H2,1,3-6H3,(H,32,33,35,36). The summed E-state index contributed by atoms with van der Waals surface area (Å²) in [7, 11) is 1.76. The summed E-state index contributed by atoms with van der Waals surface area (Å²) >= 11 is 0. The minimum atomic E-state index is 0.0140. The summed E-state index contributed by atoms with van der Waals surface area (Å²) in [5, 5.41) is 2.86. The first-order valence-electron chi connectivity index (χ1n) is 13.7. The predicted octanol–water partition coefficient (Wildman–Crippen LogP) is 6.78. The smallest absolute Gasteiger partial charge is 0.230 e. The van der Waals surface area contributed by atoms with Crippen molar-refractivity contribution in [2.24, 2.45) is 10.9 Å². The summed E-state index contributed by atoms with van der Waals surface area (Å²) < 4.78 is 5.28. The van der Waals surface area contributed by atoms with Crippen LogP contribution in [0.25, 0.3) is 5.70 Å². The highest BCUT2D eigenvalue weighted by atomic mass is 16.5. The molecule has 1 aromatic carbocycles. The van der Waals surface area contributed by atoms with E-state index < -0.39 is 0 Å². The van der Waals surface area contributed by atoms with Crippen molar-refractivity contribution in [2.45, 2.75) is 90.4 Å². The number of methoxy groups -OCH3 is 1. The van der Waals surface area contributed by atoms with Crippen LogP contribution in [0.1, 0.15) is 99.6 Å². The van der Waals surface area contributed by atoms with Gasteiger partial charge in [0.1, 0.15) is 12.1 Å². The summed E-state index contributed by atoms with van der Waals surface area (Å²) in [5.74, 6) is 1.52. The van der Waals surface area contributed by atoms with E-state index >= 15 is 0 Å². The zero-order valence-corrected chi connectivity index (χ0v) is 23.2. The Hall–Kier alpha value is -2.86. The van der Waals surface area contributed by atoms with Crippen LogP contribution < -0.4 is 5.32 Å². The molecule has 0 spiro atoms. The van der Waals surface area contributed by atoms with Crippen molar-refractivity contribution in [3.8, 4) is 0 Å². The van der Waals surface area contributed by atoms with Gasteiger partial charge in [-0.1, -0.05) is 39.5 Å². The van der Waals surface area contributed by atoms with Gasteiger partial charge in [-0.15, -0.1) is 0 Å². The van der Waals surface area contributed by atoms with Gasteiger partial charge in [0.2, 0.25) is 5.91 Å². The van der Waals surface area contributed by atoms with Crippen LogP contribution in [0.3, 0.4) is 0 Å². The second-order valence-electron chi connectivity index (χ2n) is 11.6. The Kier molecular flexibility index (Phi) is 8.58. The van der Waals surface area contributed by atoms with Gasteiger partial charge in [0.05, 0.1) is 17.8 Å². The lowest BCUT2D eigenvalue weighted by Gasteiger charge is -2.30. The number of aryl methyl sites for hydroxylation is 1. The highest BCUT2D eigenvalue weighted by Crippen LogP contribution is 2.40. The molecule has 0 saturated heterocycles. The molecule has 6 heteroatoms. The van der Waals surface area contributed by atoms with Gasteiger partial charge in [0.25, 0.3) is 0 Å². The molecule has 1 N–H and O–H groups in total. The van der Waals surface area contributed by atoms with Gasteiger partial charge in [0, 0.05) is 30.9 Å². The molecule has 1 saturated carbocycles. The number of aliphatic imine (C=N–C) groups is 1. The highest BCUT2D eigenvalue weighted by molar-refractivity contribution is 5.98. The SMILES string of the molecule is C=C(N=C(CCCCOC)C1CCC(c2ncnc3c2CC(=O)N3)CC1)c1ccc(C)c(C(C)(C)C)c1. The number of ether oxygens (including phenoxy) is 1. The number of nitrogens with zero attached hydrogens (tertiary/aromatic N) is 3. The van der Waals surface area contributed by atoms with Crippen LogP contribution in [0.4, 0.5) is 5.82 Å². The summed E-state index contributed by atoms with van der Waals surface area (Å²) in [4.78, 5) is 26.0. The number of hydrogen-bond donors (Lipinski definition) is 1. The van der Waals surface area contributed by atoms with Crippen molar-refractivity contribution in [3.05, 3.63) is 59.1 Å². The third kappa shape index (κ3) is 6.53. The summed E-state index contributed by atoms with van der Waals surface area (Å²) in [5.41, 5.74) is 7.99. The lowest BCUT2D eigenvalue weighted by Crippen LogP contribution is -2.22. The molecule has 6 nitrogen and oxygen atoms in total. The molecule has 1 aromatic heterocycles. The Morgan fingerprint density at radius 2 is 1.92 bits per heavy atom. The summed E-state index contributed by atoms with van der Waals surface area (Å²) in [6, 6.07) is 6.62. The molecule has 0 atom stereocenters. The lowest BCUT2D eigenvalue weighted by molar-refractivity contribution is -0.115. The van der Waals surface area contributed by atoms with E-state index in [0.29, 0.717) is 24.1 Å². The fourth-order valence-corrected chi connectivity index (χ4v) is 5.85. The monoisotopic (exact) mass is 502 g/mol. The number of fused-ring (bicyclic) bond motifs is 1. The Bertz CT molecular complexity index is 1170. The molecule has 2 heterocycles. The predicted molar refractivity (Wildman–Crippen MR) is 151 cm³/mol. The second-order valence-corrected chi connectivity index (χ2v) is 11.6. The maximum Gasteiger partial charge on any atom is 0.230 e. The quantitative estimate of drug-likeness (QED) is 0.303. The Balaban J connectivity index is 1.51. The van der Waals surface area contributed by atoms with Crippen molar-refractivity contribution in [2.75, 3.05) is 19.0 Å². The molecule has 198 valence electrons. The molecule has 2 aliphatic rings. The topological polar surface area (TPSA) is 76.5 Å².